The molecule has 73 valence electrons. The molecule has 0 aliphatic heterocycles. The van der Waals surface area contributed by atoms with Crippen LogP contribution in [-0.2, 0) is 20.1 Å². The summed E-state index contributed by atoms with van der Waals surface area (Å²) in [6.45, 7) is 1.87. The first kappa shape index (κ1) is 11.1. The Bertz CT molecular complexity index is 449. The van der Waals surface area contributed by atoms with Gasteiger partial charge in [0.2, 0.25) is 0 Å². The SMILES string of the molecule is C[C-]=Cc1ccc2ccccc2n1.[Ir]. The van der Waals surface area contributed by atoms with Crippen molar-refractivity contribution < 1.29 is 20.1 Å². The Labute approximate surface area is 97.2 Å². The fourth-order valence-corrected chi connectivity index (χ4v) is 1.31. The van der Waals surface area contributed by atoms with Crippen molar-refractivity contribution in [2.24, 2.45) is 0 Å². The number of aromatic nitrogens is 1. The van der Waals surface area contributed by atoms with Crippen LogP contribution in [0.15, 0.2) is 36.4 Å². The van der Waals surface area contributed by atoms with E-state index in [0.717, 1.165) is 11.2 Å². The van der Waals surface area contributed by atoms with Crippen LogP contribution in [0.5, 0.6) is 0 Å². The van der Waals surface area contributed by atoms with Crippen molar-refractivity contribution >= 4 is 17.0 Å². The van der Waals surface area contributed by atoms with Crippen molar-refractivity contribution in [1.29, 1.82) is 0 Å². The van der Waals surface area contributed by atoms with Crippen LogP contribution in [0.2, 0.25) is 0 Å². The molecule has 2 heteroatoms. The van der Waals surface area contributed by atoms with E-state index in [1.165, 1.54) is 5.39 Å². The minimum absolute atomic E-state index is 0. The number of pyridine rings is 1. The normalized spacial score (nSPS) is 10.4. The predicted molar refractivity (Wildman–Crippen MR) is 55.1 cm³/mol. The summed E-state index contributed by atoms with van der Waals surface area (Å²) in [4.78, 5) is 4.45. The predicted octanol–water partition coefficient (Wildman–Crippen LogP) is 3.07. The third-order valence-corrected chi connectivity index (χ3v) is 1.91. The molecule has 0 spiro atoms. The molecule has 1 nitrogen and oxygen atoms in total. The van der Waals surface area contributed by atoms with Gasteiger partial charge in [0.15, 0.2) is 0 Å². The van der Waals surface area contributed by atoms with E-state index in [9.17, 15) is 0 Å². The summed E-state index contributed by atoms with van der Waals surface area (Å²) in [5.74, 6) is 0. The molecule has 0 unspecified atom stereocenters. The molecular formula is C12H10IrN-. The summed E-state index contributed by atoms with van der Waals surface area (Å²) in [6.07, 6.45) is 4.84. The molecule has 0 amide bonds. The van der Waals surface area contributed by atoms with Crippen LogP contribution in [0, 0.1) is 6.08 Å². The number of nitrogens with zero attached hydrogens (tertiary/aromatic N) is 1. The van der Waals surface area contributed by atoms with Gasteiger partial charge in [0.1, 0.15) is 0 Å². The van der Waals surface area contributed by atoms with Crippen molar-refractivity contribution in [3.8, 4) is 0 Å². The van der Waals surface area contributed by atoms with Gasteiger partial charge in [0.05, 0.1) is 0 Å². The molecule has 0 atom stereocenters. The Kier molecular flexibility index (Phi) is 3.99. The number of hydrogen-bond donors (Lipinski definition) is 0. The molecule has 2 rings (SSSR count). The first-order valence-electron chi connectivity index (χ1n) is 4.26. The van der Waals surface area contributed by atoms with E-state index in [2.05, 4.69) is 23.2 Å². The number of fused-ring (bicyclic) bond motifs is 1. The van der Waals surface area contributed by atoms with E-state index in [-0.39, 0.29) is 20.1 Å². The Balaban J connectivity index is 0.000000980. The van der Waals surface area contributed by atoms with E-state index in [1.54, 1.807) is 0 Å². The van der Waals surface area contributed by atoms with Crippen LogP contribution in [0.4, 0.5) is 0 Å². The van der Waals surface area contributed by atoms with Gasteiger partial charge in [-0.1, -0.05) is 30.0 Å². The minimum Gasteiger partial charge on any atom is -0.344 e. The maximum atomic E-state index is 4.45. The van der Waals surface area contributed by atoms with Crippen LogP contribution in [-0.4, -0.2) is 4.98 Å². The first-order chi connectivity index (χ1) is 6.40. The summed E-state index contributed by atoms with van der Waals surface area (Å²) >= 11 is 0. The zero-order chi connectivity index (χ0) is 9.10. The average molecular weight is 360 g/mol. The van der Waals surface area contributed by atoms with Crippen molar-refractivity contribution in [1.82, 2.24) is 4.98 Å². The second kappa shape index (κ2) is 5.04. The van der Waals surface area contributed by atoms with Gasteiger partial charge < -0.3 is 4.98 Å². The molecule has 1 aromatic heterocycles. The maximum absolute atomic E-state index is 4.45. The number of allylic oxidation sites excluding steroid dienone is 1. The number of hydrogen-bond acceptors (Lipinski definition) is 1. The van der Waals surface area contributed by atoms with E-state index in [0.29, 0.717) is 0 Å². The molecule has 0 saturated carbocycles. The van der Waals surface area contributed by atoms with Gasteiger partial charge in [0, 0.05) is 25.6 Å². The molecule has 0 saturated heterocycles. The van der Waals surface area contributed by atoms with Crippen LogP contribution < -0.4 is 0 Å². The van der Waals surface area contributed by atoms with Gasteiger partial charge in [-0.05, 0) is 11.5 Å². The molecule has 0 N–H and O–H groups in total. The molecule has 1 heterocycles. The largest absolute Gasteiger partial charge is 0.344 e. The van der Waals surface area contributed by atoms with Crippen LogP contribution in [0.1, 0.15) is 12.6 Å². The van der Waals surface area contributed by atoms with Crippen molar-refractivity contribution in [2.45, 2.75) is 6.92 Å². The van der Waals surface area contributed by atoms with Crippen LogP contribution in [0.25, 0.3) is 17.0 Å². The summed E-state index contributed by atoms with van der Waals surface area (Å²) in [5, 5.41) is 1.18. The summed E-state index contributed by atoms with van der Waals surface area (Å²) in [7, 11) is 0. The fourth-order valence-electron chi connectivity index (χ4n) is 1.31. The molecule has 0 aliphatic rings. The Morgan fingerprint density at radius 1 is 1.14 bits per heavy atom. The Hall–Kier alpha value is -0.981. The van der Waals surface area contributed by atoms with Gasteiger partial charge in [-0.25, -0.2) is 6.08 Å². The third kappa shape index (κ3) is 2.28. The average Bonchev–Trinajstić information content (AvgIpc) is 2.18. The molecule has 1 aromatic carbocycles. The van der Waals surface area contributed by atoms with Gasteiger partial charge in [-0.3, -0.25) is 6.08 Å². The van der Waals surface area contributed by atoms with Gasteiger partial charge in [-0.15, -0.1) is 13.0 Å². The maximum Gasteiger partial charge on any atom is 0.0497 e. The Morgan fingerprint density at radius 3 is 2.71 bits per heavy atom. The number of rotatable bonds is 1. The fraction of sp³-hybridized carbons (Fsp3) is 0.0833. The van der Waals surface area contributed by atoms with Crippen molar-refractivity contribution in [3.63, 3.8) is 0 Å². The first-order valence-corrected chi connectivity index (χ1v) is 4.26. The van der Waals surface area contributed by atoms with Gasteiger partial charge in [0.25, 0.3) is 0 Å². The second-order valence-corrected chi connectivity index (χ2v) is 2.86. The monoisotopic (exact) mass is 361 g/mol. The van der Waals surface area contributed by atoms with E-state index < -0.39 is 0 Å². The zero-order valence-corrected chi connectivity index (χ0v) is 10.2. The van der Waals surface area contributed by atoms with E-state index >= 15 is 0 Å². The molecule has 1 radical (unpaired) electrons. The molecule has 2 aromatic rings. The van der Waals surface area contributed by atoms with Crippen LogP contribution >= 0.6 is 0 Å². The van der Waals surface area contributed by atoms with E-state index in [4.69, 9.17) is 0 Å². The molecular weight excluding hydrogens is 350 g/mol. The smallest absolute Gasteiger partial charge is 0.0497 e. The number of benzene rings is 1. The molecule has 0 fully saturated rings. The minimum atomic E-state index is 0. The quantitative estimate of drug-likeness (QED) is 0.713. The summed E-state index contributed by atoms with van der Waals surface area (Å²) in [5.41, 5.74) is 1.99. The molecule has 0 bridgehead atoms. The van der Waals surface area contributed by atoms with E-state index in [1.807, 2.05) is 37.3 Å². The molecule has 14 heavy (non-hydrogen) atoms. The van der Waals surface area contributed by atoms with Crippen molar-refractivity contribution in [3.05, 3.63) is 48.2 Å². The third-order valence-electron chi connectivity index (χ3n) is 1.91. The Morgan fingerprint density at radius 2 is 1.93 bits per heavy atom. The zero-order valence-electron chi connectivity index (χ0n) is 7.82. The van der Waals surface area contributed by atoms with Gasteiger partial charge in [-0.2, -0.15) is 0 Å². The summed E-state index contributed by atoms with van der Waals surface area (Å²) < 4.78 is 0. The van der Waals surface area contributed by atoms with Crippen molar-refractivity contribution in [2.75, 3.05) is 0 Å². The van der Waals surface area contributed by atoms with Crippen LogP contribution in [0.3, 0.4) is 0 Å². The standard InChI is InChI=1S/C12H10N.Ir/c1-2-5-11-9-8-10-6-3-4-7-12(10)13-11;/h3-9H,1H3;/q-1;. The molecule has 0 aliphatic carbocycles. The summed E-state index contributed by atoms with van der Waals surface area (Å²) in [6, 6.07) is 12.2. The number of para-hydroxylation sites is 1. The van der Waals surface area contributed by atoms with Gasteiger partial charge >= 0.3 is 0 Å². The topological polar surface area (TPSA) is 12.9 Å². The second-order valence-electron chi connectivity index (χ2n) is 2.86.